The first-order valence-electron chi connectivity index (χ1n) is 7.07. The summed E-state index contributed by atoms with van der Waals surface area (Å²) < 4.78 is 55.2. The van der Waals surface area contributed by atoms with E-state index in [-0.39, 0.29) is 18.0 Å². The van der Waals surface area contributed by atoms with Gasteiger partial charge in [0.15, 0.2) is 11.5 Å². The van der Waals surface area contributed by atoms with Crippen LogP contribution in [0.3, 0.4) is 0 Å². The van der Waals surface area contributed by atoms with E-state index in [0.717, 1.165) is 12.1 Å². The maximum Gasteiger partial charge on any atom is 0.240 e. The molecule has 2 rings (SSSR count). The zero-order chi connectivity index (χ0) is 17.6. The van der Waals surface area contributed by atoms with E-state index in [1.165, 1.54) is 26.4 Å². The smallest absolute Gasteiger partial charge is 0.240 e. The van der Waals surface area contributed by atoms with Crippen molar-refractivity contribution in [3.8, 4) is 17.2 Å². The Bertz CT molecular complexity index is 778. The molecule has 0 heterocycles. The van der Waals surface area contributed by atoms with E-state index in [4.69, 9.17) is 14.2 Å². The number of hydrogen-bond donors (Lipinski definition) is 1. The Hall–Kier alpha value is -2.32. The molecular formula is C16H18FNO5S. The number of ether oxygens (including phenoxy) is 3. The maximum atomic E-state index is 12.8. The average Bonchev–Trinajstić information content (AvgIpc) is 2.58. The van der Waals surface area contributed by atoms with Gasteiger partial charge in [-0.05, 0) is 36.4 Å². The molecule has 0 aliphatic carbocycles. The molecule has 0 spiro atoms. The van der Waals surface area contributed by atoms with Crippen molar-refractivity contribution in [3.63, 3.8) is 0 Å². The van der Waals surface area contributed by atoms with Crippen LogP contribution in [0.2, 0.25) is 0 Å². The van der Waals surface area contributed by atoms with Crippen LogP contribution < -0.4 is 18.9 Å². The number of benzene rings is 2. The lowest BCUT2D eigenvalue weighted by atomic mass is 10.3. The number of sulfonamides is 1. The summed E-state index contributed by atoms with van der Waals surface area (Å²) in [4.78, 5) is -0.0112. The van der Waals surface area contributed by atoms with Gasteiger partial charge in [-0.25, -0.2) is 17.5 Å². The van der Waals surface area contributed by atoms with E-state index in [9.17, 15) is 12.8 Å². The first-order chi connectivity index (χ1) is 11.5. The van der Waals surface area contributed by atoms with Crippen LogP contribution in [0.1, 0.15) is 0 Å². The summed E-state index contributed by atoms with van der Waals surface area (Å²) in [5, 5.41) is 0. The van der Waals surface area contributed by atoms with Crippen LogP contribution in [0.5, 0.6) is 17.2 Å². The molecule has 2 aromatic carbocycles. The molecule has 0 amide bonds. The highest BCUT2D eigenvalue weighted by molar-refractivity contribution is 7.89. The first kappa shape index (κ1) is 18.0. The fraction of sp³-hybridized carbons (Fsp3) is 0.250. The minimum atomic E-state index is -3.71. The summed E-state index contributed by atoms with van der Waals surface area (Å²) in [6.07, 6.45) is 0. The minimum absolute atomic E-state index is 0.0112. The standard InChI is InChI=1S/C16H18FNO5S/c1-21-14-4-3-5-15(16(14)22-2)23-11-10-18-24(19,20)13-8-6-12(17)7-9-13/h3-9,18H,10-11H2,1-2H3. The fourth-order valence-electron chi connectivity index (χ4n) is 2.01. The zero-order valence-electron chi connectivity index (χ0n) is 13.3. The summed E-state index contributed by atoms with van der Waals surface area (Å²) >= 11 is 0. The van der Waals surface area contributed by atoms with Crippen LogP contribution >= 0.6 is 0 Å². The molecule has 0 aromatic heterocycles. The third kappa shape index (κ3) is 4.36. The third-order valence-electron chi connectivity index (χ3n) is 3.14. The summed E-state index contributed by atoms with van der Waals surface area (Å²) in [5.74, 6) is 0.892. The van der Waals surface area contributed by atoms with Crippen molar-refractivity contribution >= 4 is 10.0 Å². The Balaban J connectivity index is 1.94. The lowest BCUT2D eigenvalue weighted by molar-refractivity contribution is 0.287. The number of rotatable bonds is 8. The highest BCUT2D eigenvalue weighted by Crippen LogP contribution is 2.36. The predicted octanol–water partition coefficient (Wildman–Crippen LogP) is 2.20. The van der Waals surface area contributed by atoms with Gasteiger partial charge in [0.25, 0.3) is 0 Å². The SMILES string of the molecule is COc1cccc(OCCNS(=O)(=O)c2ccc(F)cc2)c1OC. The molecule has 0 unspecified atom stereocenters. The molecule has 0 atom stereocenters. The molecule has 0 saturated carbocycles. The Morgan fingerprint density at radius 2 is 1.67 bits per heavy atom. The highest BCUT2D eigenvalue weighted by Gasteiger charge is 2.14. The number of methoxy groups -OCH3 is 2. The topological polar surface area (TPSA) is 73.9 Å². The van der Waals surface area contributed by atoms with E-state index in [0.29, 0.717) is 17.2 Å². The molecule has 2 aromatic rings. The second kappa shape index (κ2) is 7.98. The normalized spacial score (nSPS) is 11.1. The van der Waals surface area contributed by atoms with Crippen molar-refractivity contribution in [2.24, 2.45) is 0 Å². The van der Waals surface area contributed by atoms with Gasteiger partial charge in [-0.15, -0.1) is 0 Å². The number of halogens is 1. The molecule has 130 valence electrons. The first-order valence-corrected chi connectivity index (χ1v) is 8.55. The molecule has 0 radical (unpaired) electrons. The largest absolute Gasteiger partial charge is 0.493 e. The minimum Gasteiger partial charge on any atom is -0.493 e. The summed E-state index contributed by atoms with van der Waals surface area (Å²) in [7, 11) is -0.712. The van der Waals surface area contributed by atoms with Crippen molar-refractivity contribution in [1.82, 2.24) is 4.72 Å². The predicted molar refractivity (Wildman–Crippen MR) is 86.6 cm³/mol. The zero-order valence-corrected chi connectivity index (χ0v) is 14.1. The summed E-state index contributed by atoms with van der Waals surface area (Å²) in [5.41, 5.74) is 0. The molecule has 8 heteroatoms. The van der Waals surface area contributed by atoms with Gasteiger partial charge in [0.05, 0.1) is 19.1 Å². The monoisotopic (exact) mass is 355 g/mol. The van der Waals surface area contributed by atoms with Crippen LogP contribution in [-0.2, 0) is 10.0 Å². The Labute approximate surface area is 140 Å². The maximum absolute atomic E-state index is 12.8. The van der Waals surface area contributed by atoms with Gasteiger partial charge < -0.3 is 14.2 Å². The molecule has 0 bridgehead atoms. The van der Waals surface area contributed by atoms with E-state index >= 15 is 0 Å². The second-order valence-corrected chi connectivity index (χ2v) is 6.46. The van der Waals surface area contributed by atoms with E-state index in [1.807, 2.05) is 0 Å². The summed E-state index contributed by atoms with van der Waals surface area (Å²) in [6.45, 7) is 0.129. The molecule has 24 heavy (non-hydrogen) atoms. The average molecular weight is 355 g/mol. The van der Waals surface area contributed by atoms with Crippen LogP contribution in [0, 0.1) is 5.82 Å². The van der Waals surface area contributed by atoms with Gasteiger partial charge in [-0.3, -0.25) is 0 Å². The van der Waals surface area contributed by atoms with Crippen LogP contribution in [0.25, 0.3) is 0 Å². The second-order valence-electron chi connectivity index (χ2n) is 4.69. The fourth-order valence-corrected chi connectivity index (χ4v) is 3.02. The molecule has 6 nitrogen and oxygen atoms in total. The quantitative estimate of drug-likeness (QED) is 0.735. The van der Waals surface area contributed by atoms with Crippen molar-refractivity contribution in [2.45, 2.75) is 4.90 Å². The van der Waals surface area contributed by atoms with Crippen molar-refractivity contribution < 1.29 is 27.0 Å². The molecule has 1 N–H and O–H groups in total. The Kier molecular flexibility index (Phi) is 5.99. The number of para-hydroxylation sites is 1. The molecule has 0 aliphatic rings. The van der Waals surface area contributed by atoms with E-state index in [1.54, 1.807) is 18.2 Å². The molecule has 0 aliphatic heterocycles. The highest BCUT2D eigenvalue weighted by atomic mass is 32.2. The number of nitrogens with one attached hydrogen (secondary N) is 1. The Morgan fingerprint density at radius 3 is 2.29 bits per heavy atom. The van der Waals surface area contributed by atoms with Gasteiger partial charge in [-0.2, -0.15) is 0 Å². The molecule has 0 saturated heterocycles. The molecular weight excluding hydrogens is 337 g/mol. The van der Waals surface area contributed by atoms with Crippen LogP contribution in [0.15, 0.2) is 47.4 Å². The molecule has 0 fully saturated rings. The van der Waals surface area contributed by atoms with E-state index < -0.39 is 15.8 Å². The van der Waals surface area contributed by atoms with Crippen LogP contribution in [0.4, 0.5) is 4.39 Å². The van der Waals surface area contributed by atoms with E-state index in [2.05, 4.69) is 4.72 Å². The van der Waals surface area contributed by atoms with Gasteiger partial charge in [-0.1, -0.05) is 6.07 Å². The summed E-state index contributed by atoms with van der Waals surface area (Å²) in [6, 6.07) is 9.73. The van der Waals surface area contributed by atoms with Gasteiger partial charge >= 0.3 is 0 Å². The van der Waals surface area contributed by atoms with Gasteiger partial charge in [0, 0.05) is 6.54 Å². The Morgan fingerprint density at radius 1 is 1.00 bits per heavy atom. The van der Waals surface area contributed by atoms with Crippen molar-refractivity contribution in [2.75, 3.05) is 27.4 Å². The van der Waals surface area contributed by atoms with Gasteiger partial charge in [0.1, 0.15) is 12.4 Å². The van der Waals surface area contributed by atoms with Gasteiger partial charge in [0.2, 0.25) is 15.8 Å². The lowest BCUT2D eigenvalue weighted by Crippen LogP contribution is -2.28. The number of hydrogen-bond acceptors (Lipinski definition) is 5. The third-order valence-corrected chi connectivity index (χ3v) is 4.62. The van der Waals surface area contributed by atoms with Crippen LogP contribution in [-0.4, -0.2) is 35.8 Å². The van der Waals surface area contributed by atoms with Crippen molar-refractivity contribution in [3.05, 3.63) is 48.3 Å². The lowest BCUT2D eigenvalue weighted by Gasteiger charge is -2.13. The van der Waals surface area contributed by atoms with Crippen molar-refractivity contribution in [1.29, 1.82) is 0 Å².